The van der Waals surface area contributed by atoms with Gasteiger partial charge in [-0.1, -0.05) is 6.07 Å². The molecule has 1 aliphatic rings. The van der Waals surface area contributed by atoms with E-state index in [1.807, 2.05) is 11.4 Å². The van der Waals surface area contributed by atoms with Gasteiger partial charge in [0.2, 0.25) is 11.8 Å². The average Bonchev–Trinajstić information content (AvgIpc) is 3.34. The van der Waals surface area contributed by atoms with Gasteiger partial charge in [-0.15, -0.1) is 10.2 Å². The number of aromatic nitrogens is 2. The number of carboxylic acid groups (broad SMARTS) is 1. The number of ether oxygens (including phenoxy) is 1. The molecule has 0 bridgehead atoms. The summed E-state index contributed by atoms with van der Waals surface area (Å²) in [6.45, 7) is 0. The lowest BCUT2D eigenvalue weighted by atomic mass is 10.2. The molecule has 4 rings (SSSR count). The first-order valence-corrected chi connectivity index (χ1v) is 7.99. The Morgan fingerprint density at radius 1 is 1.19 bits per heavy atom. The van der Waals surface area contributed by atoms with Crippen LogP contribution in [0, 0.1) is 5.82 Å². The summed E-state index contributed by atoms with van der Waals surface area (Å²) in [5, 5.41) is 18.7. The molecule has 1 heterocycles. The third kappa shape index (κ3) is 3.49. The Bertz CT molecular complexity index is 969. The molecular weight excluding hydrogens is 341 g/mol. The molecule has 8 heteroatoms. The number of benzene rings is 2. The summed E-state index contributed by atoms with van der Waals surface area (Å²) in [7, 11) is 0. The molecule has 1 aromatic heterocycles. The lowest BCUT2D eigenvalue weighted by Crippen LogP contribution is -2.08. The summed E-state index contributed by atoms with van der Waals surface area (Å²) in [5.74, 6) is 1.40. The monoisotopic (exact) mass is 355 g/mol. The van der Waals surface area contributed by atoms with Crippen molar-refractivity contribution in [3.8, 4) is 23.0 Å². The Balaban J connectivity index is 1.53. The van der Waals surface area contributed by atoms with Crippen LogP contribution < -0.4 is 10.1 Å². The van der Waals surface area contributed by atoms with Crippen molar-refractivity contribution in [2.75, 3.05) is 5.32 Å². The van der Waals surface area contributed by atoms with Crippen molar-refractivity contribution in [3.63, 3.8) is 0 Å². The van der Waals surface area contributed by atoms with E-state index in [0.29, 0.717) is 29.0 Å². The van der Waals surface area contributed by atoms with Gasteiger partial charge in [-0.2, -0.15) is 0 Å². The topological polar surface area (TPSA) is 97.5 Å². The number of nitrogens with one attached hydrogen (secondary N) is 1. The molecule has 0 unspecified atom stereocenters. The Labute approximate surface area is 147 Å². The molecular formula is C18H14FN3O4. The molecule has 0 radical (unpaired) electrons. The van der Waals surface area contributed by atoms with Crippen LogP contribution in [-0.2, 0) is 0 Å². The van der Waals surface area contributed by atoms with Crippen LogP contribution in [-0.4, -0.2) is 21.4 Å². The summed E-state index contributed by atoms with van der Waals surface area (Å²) in [6.07, 6.45) is 0.807. The second kappa shape index (κ2) is 6.47. The zero-order chi connectivity index (χ0) is 18.1. The molecule has 0 spiro atoms. The van der Waals surface area contributed by atoms with E-state index in [9.17, 15) is 9.18 Å². The second-order valence-corrected chi connectivity index (χ2v) is 5.92. The van der Waals surface area contributed by atoms with Crippen molar-refractivity contribution in [3.05, 3.63) is 54.2 Å². The molecule has 7 nitrogen and oxygen atoms in total. The third-order valence-corrected chi connectivity index (χ3v) is 3.87. The molecule has 1 saturated carbocycles. The van der Waals surface area contributed by atoms with Crippen molar-refractivity contribution >= 4 is 11.8 Å². The normalized spacial score (nSPS) is 13.4. The SMILES string of the molecule is O=C(O)Nc1ccc(Oc2cccc(-c3nnc(C4CC4)o3)c2)cc1F. The summed E-state index contributed by atoms with van der Waals surface area (Å²) in [5.41, 5.74) is 0.559. The highest BCUT2D eigenvalue weighted by Crippen LogP contribution is 2.40. The fraction of sp³-hybridized carbons (Fsp3) is 0.167. The van der Waals surface area contributed by atoms with E-state index in [2.05, 4.69) is 10.2 Å². The van der Waals surface area contributed by atoms with Gasteiger partial charge in [0.25, 0.3) is 0 Å². The average molecular weight is 355 g/mol. The Kier molecular flexibility index (Phi) is 4.00. The lowest BCUT2D eigenvalue weighted by molar-refractivity contribution is 0.209. The van der Waals surface area contributed by atoms with Crippen LogP contribution in [0.5, 0.6) is 11.5 Å². The number of hydrogen-bond donors (Lipinski definition) is 2. The first kappa shape index (κ1) is 16.1. The molecule has 132 valence electrons. The Morgan fingerprint density at radius 2 is 2.00 bits per heavy atom. The highest BCUT2D eigenvalue weighted by Gasteiger charge is 2.29. The van der Waals surface area contributed by atoms with Crippen molar-refractivity contribution in [2.24, 2.45) is 0 Å². The van der Waals surface area contributed by atoms with Crippen molar-refractivity contribution < 1.29 is 23.4 Å². The van der Waals surface area contributed by atoms with Gasteiger partial charge in [-0.25, -0.2) is 9.18 Å². The zero-order valence-corrected chi connectivity index (χ0v) is 13.5. The summed E-state index contributed by atoms with van der Waals surface area (Å²) in [4.78, 5) is 10.6. The molecule has 1 amide bonds. The maximum atomic E-state index is 13.9. The Hall–Kier alpha value is -3.42. The zero-order valence-electron chi connectivity index (χ0n) is 13.5. The van der Waals surface area contributed by atoms with Gasteiger partial charge in [0.05, 0.1) is 5.69 Å². The number of anilines is 1. The van der Waals surface area contributed by atoms with Crippen molar-refractivity contribution in [1.82, 2.24) is 10.2 Å². The van der Waals surface area contributed by atoms with E-state index in [1.165, 1.54) is 12.1 Å². The third-order valence-electron chi connectivity index (χ3n) is 3.87. The van der Waals surface area contributed by atoms with Crippen LogP contribution in [0.25, 0.3) is 11.5 Å². The molecule has 0 atom stereocenters. The quantitative estimate of drug-likeness (QED) is 0.692. The van der Waals surface area contributed by atoms with Gasteiger partial charge in [0.1, 0.15) is 11.5 Å². The number of nitrogens with zero attached hydrogens (tertiary/aromatic N) is 2. The van der Waals surface area contributed by atoms with Gasteiger partial charge in [0, 0.05) is 17.5 Å². The predicted molar refractivity (Wildman–Crippen MR) is 89.8 cm³/mol. The first-order chi connectivity index (χ1) is 12.6. The first-order valence-electron chi connectivity index (χ1n) is 7.99. The maximum absolute atomic E-state index is 13.9. The van der Waals surface area contributed by atoms with Crippen LogP contribution >= 0.6 is 0 Å². The van der Waals surface area contributed by atoms with Crippen LogP contribution in [0.1, 0.15) is 24.7 Å². The highest BCUT2D eigenvalue weighted by atomic mass is 19.1. The van der Waals surface area contributed by atoms with Gasteiger partial charge in [-0.3, -0.25) is 5.32 Å². The summed E-state index contributed by atoms with van der Waals surface area (Å²) in [6, 6.07) is 10.9. The van der Waals surface area contributed by atoms with Crippen molar-refractivity contribution in [2.45, 2.75) is 18.8 Å². The van der Waals surface area contributed by atoms with Crippen LogP contribution in [0.15, 0.2) is 46.9 Å². The summed E-state index contributed by atoms with van der Waals surface area (Å²) < 4.78 is 25.2. The fourth-order valence-corrected chi connectivity index (χ4v) is 2.45. The minimum Gasteiger partial charge on any atom is -0.465 e. The highest BCUT2D eigenvalue weighted by molar-refractivity contribution is 5.83. The van der Waals surface area contributed by atoms with Gasteiger partial charge in [0.15, 0.2) is 5.82 Å². The maximum Gasteiger partial charge on any atom is 0.409 e. The van der Waals surface area contributed by atoms with Gasteiger partial charge < -0.3 is 14.3 Å². The summed E-state index contributed by atoms with van der Waals surface area (Å²) >= 11 is 0. The molecule has 1 fully saturated rings. The lowest BCUT2D eigenvalue weighted by Gasteiger charge is -2.08. The smallest absolute Gasteiger partial charge is 0.409 e. The molecule has 26 heavy (non-hydrogen) atoms. The minimum atomic E-state index is -1.34. The van der Waals surface area contributed by atoms with Gasteiger partial charge >= 0.3 is 6.09 Å². The number of amides is 1. The van der Waals surface area contributed by atoms with E-state index in [0.717, 1.165) is 18.9 Å². The Morgan fingerprint density at radius 3 is 2.73 bits per heavy atom. The molecule has 2 aromatic carbocycles. The van der Waals surface area contributed by atoms with E-state index in [-0.39, 0.29) is 11.4 Å². The molecule has 0 saturated heterocycles. The molecule has 0 aliphatic heterocycles. The fourth-order valence-electron chi connectivity index (χ4n) is 2.45. The van der Waals surface area contributed by atoms with E-state index >= 15 is 0 Å². The number of halogens is 1. The number of rotatable bonds is 5. The van der Waals surface area contributed by atoms with Crippen LogP contribution in [0.4, 0.5) is 14.9 Å². The molecule has 1 aliphatic carbocycles. The largest absolute Gasteiger partial charge is 0.465 e. The number of hydrogen-bond acceptors (Lipinski definition) is 5. The van der Waals surface area contributed by atoms with Gasteiger partial charge in [-0.05, 0) is 43.2 Å². The van der Waals surface area contributed by atoms with Crippen molar-refractivity contribution in [1.29, 1.82) is 0 Å². The van der Waals surface area contributed by atoms with Crippen LogP contribution in [0.3, 0.4) is 0 Å². The minimum absolute atomic E-state index is 0.142. The predicted octanol–water partition coefficient (Wildman–Crippen LogP) is 4.64. The van der Waals surface area contributed by atoms with E-state index in [4.69, 9.17) is 14.3 Å². The molecule has 3 aromatic rings. The van der Waals surface area contributed by atoms with E-state index in [1.54, 1.807) is 18.2 Å². The standard InChI is InChI=1S/C18H14FN3O4/c19-14-9-13(6-7-15(14)20-18(23)24)25-12-3-1-2-11(8-12)17-22-21-16(26-17)10-4-5-10/h1-3,6-10,20H,4-5H2,(H,23,24). The van der Waals surface area contributed by atoms with Crippen LogP contribution in [0.2, 0.25) is 0 Å². The second-order valence-electron chi connectivity index (χ2n) is 5.92. The molecule has 2 N–H and O–H groups in total. The van der Waals surface area contributed by atoms with E-state index < -0.39 is 11.9 Å². The number of carbonyl (C=O) groups is 1.